The second-order valence-corrected chi connectivity index (χ2v) is 3.34. The molecule has 5 nitrogen and oxygen atoms in total. The molecule has 0 fully saturated rings. The number of para-hydroxylation sites is 1. The fourth-order valence-electron chi connectivity index (χ4n) is 1.26. The van der Waals surface area contributed by atoms with Crippen LogP contribution in [0.15, 0.2) is 35.4 Å². The Kier molecular flexibility index (Phi) is 2.59. The zero-order valence-corrected chi connectivity index (χ0v) is 8.73. The molecule has 0 radical (unpaired) electrons. The first kappa shape index (κ1) is 10.2. The highest BCUT2D eigenvalue weighted by atomic mass is 16.5. The quantitative estimate of drug-likeness (QED) is 0.746. The van der Waals surface area contributed by atoms with Gasteiger partial charge in [-0.3, -0.25) is 4.79 Å². The lowest BCUT2D eigenvalue weighted by molar-refractivity contribution is 0.462. The molecule has 0 aliphatic carbocycles. The summed E-state index contributed by atoms with van der Waals surface area (Å²) in [5.41, 5.74) is 7.03. The fraction of sp³-hybridized carbons (Fsp3) is 0.0909. The Balaban J connectivity index is 2.34. The summed E-state index contributed by atoms with van der Waals surface area (Å²) in [6.07, 6.45) is 1.28. The number of H-pyrrole nitrogens is 1. The van der Waals surface area contributed by atoms with E-state index in [4.69, 9.17) is 10.5 Å². The van der Waals surface area contributed by atoms with Gasteiger partial charge in [0.25, 0.3) is 5.56 Å². The molecule has 0 spiro atoms. The van der Waals surface area contributed by atoms with Gasteiger partial charge in [0.05, 0.1) is 18.1 Å². The van der Waals surface area contributed by atoms with E-state index < -0.39 is 0 Å². The lowest BCUT2D eigenvalue weighted by atomic mass is 10.2. The fourth-order valence-corrected chi connectivity index (χ4v) is 1.26. The molecule has 0 aliphatic rings. The van der Waals surface area contributed by atoms with Crippen molar-refractivity contribution in [2.45, 2.75) is 6.92 Å². The van der Waals surface area contributed by atoms with Crippen molar-refractivity contribution in [1.82, 2.24) is 9.97 Å². The minimum Gasteiger partial charge on any atom is -0.437 e. The number of aromatic amines is 1. The predicted molar refractivity (Wildman–Crippen MR) is 60.5 cm³/mol. The van der Waals surface area contributed by atoms with E-state index >= 15 is 0 Å². The van der Waals surface area contributed by atoms with E-state index in [0.29, 0.717) is 11.4 Å². The van der Waals surface area contributed by atoms with Crippen molar-refractivity contribution in [1.29, 1.82) is 0 Å². The summed E-state index contributed by atoms with van der Waals surface area (Å²) in [6.45, 7) is 1.88. The number of benzene rings is 1. The van der Waals surface area contributed by atoms with E-state index in [9.17, 15) is 4.79 Å². The van der Waals surface area contributed by atoms with Crippen LogP contribution in [0.3, 0.4) is 0 Å². The van der Waals surface area contributed by atoms with Crippen molar-refractivity contribution in [3.63, 3.8) is 0 Å². The third-order valence-electron chi connectivity index (χ3n) is 2.15. The second kappa shape index (κ2) is 4.06. The van der Waals surface area contributed by atoms with E-state index in [1.54, 1.807) is 6.07 Å². The Morgan fingerprint density at radius 3 is 3.00 bits per heavy atom. The van der Waals surface area contributed by atoms with E-state index in [1.165, 1.54) is 12.4 Å². The van der Waals surface area contributed by atoms with E-state index in [1.807, 2.05) is 19.1 Å². The van der Waals surface area contributed by atoms with Crippen LogP contribution in [-0.4, -0.2) is 9.97 Å². The lowest BCUT2D eigenvalue weighted by Gasteiger charge is -2.08. The summed E-state index contributed by atoms with van der Waals surface area (Å²) in [4.78, 5) is 17.3. The Hall–Kier alpha value is -2.30. The van der Waals surface area contributed by atoms with Gasteiger partial charge in [0, 0.05) is 0 Å². The van der Waals surface area contributed by atoms with Crippen LogP contribution in [0.25, 0.3) is 0 Å². The molecule has 3 N–H and O–H groups in total. The summed E-state index contributed by atoms with van der Waals surface area (Å²) in [5.74, 6) is 0.721. The number of hydrogen-bond acceptors (Lipinski definition) is 4. The lowest BCUT2D eigenvalue weighted by Crippen LogP contribution is -2.05. The number of nitrogens with zero attached hydrogens (tertiary/aromatic N) is 1. The first-order valence-electron chi connectivity index (χ1n) is 4.74. The van der Waals surface area contributed by atoms with Gasteiger partial charge in [0.2, 0.25) is 5.88 Å². The Morgan fingerprint density at radius 1 is 1.44 bits per heavy atom. The highest BCUT2D eigenvalue weighted by molar-refractivity contribution is 5.58. The number of hydrogen-bond donors (Lipinski definition) is 2. The van der Waals surface area contributed by atoms with E-state index in [0.717, 1.165) is 5.56 Å². The number of aromatic nitrogens is 2. The Bertz CT molecular complexity index is 563. The van der Waals surface area contributed by atoms with Gasteiger partial charge in [-0.2, -0.15) is 0 Å². The second-order valence-electron chi connectivity index (χ2n) is 3.34. The average Bonchev–Trinajstić information content (AvgIpc) is 2.25. The molecule has 2 aromatic rings. The van der Waals surface area contributed by atoms with Crippen LogP contribution in [0.4, 0.5) is 5.69 Å². The molecule has 82 valence electrons. The third-order valence-corrected chi connectivity index (χ3v) is 2.15. The van der Waals surface area contributed by atoms with Crippen LogP contribution in [-0.2, 0) is 0 Å². The van der Waals surface area contributed by atoms with Crippen molar-refractivity contribution < 1.29 is 4.74 Å². The summed E-state index contributed by atoms with van der Waals surface area (Å²) < 4.78 is 5.41. The van der Waals surface area contributed by atoms with Crippen LogP contribution >= 0.6 is 0 Å². The van der Waals surface area contributed by atoms with E-state index in [-0.39, 0.29) is 11.4 Å². The van der Waals surface area contributed by atoms with Crippen molar-refractivity contribution in [2.24, 2.45) is 0 Å². The zero-order chi connectivity index (χ0) is 11.5. The summed E-state index contributed by atoms with van der Waals surface area (Å²) in [6, 6.07) is 6.70. The van der Waals surface area contributed by atoms with Gasteiger partial charge < -0.3 is 15.5 Å². The number of aryl methyl sites for hydroxylation is 1. The molecule has 1 heterocycles. The van der Waals surface area contributed by atoms with E-state index in [2.05, 4.69) is 9.97 Å². The van der Waals surface area contributed by atoms with Crippen LogP contribution in [0, 0.1) is 6.92 Å². The molecule has 0 unspecified atom stereocenters. The van der Waals surface area contributed by atoms with Gasteiger partial charge in [0.15, 0.2) is 5.75 Å². The summed E-state index contributed by atoms with van der Waals surface area (Å²) in [7, 11) is 0. The first-order chi connectivity index (χ1) is 7.66. The Labute approximate surface area is 91.9 Å². The van der Waals surface area contributed by atoms with Gasteiger partial charge in [-0.25, -0.2) is 4.98 Å². The summed E-state index contributed by atoms with van der Waals surface area (Å²) >= 11 is 0. The number of ether oxygens (including phenoxy) is 1. The zero-order valence-electron chi connectivity index (χ0n) is 8.73. The van der Waals surface area contributed by atoms with Gasteiger partial charge >= 0.3 is 0 Å². The minimum absolute atomic E-state index is 0.223. The van der Waals surface area contributed by atoms with Crippen molar-refractivity contribution >= 4 is 5.69 Å². The van der Waals surface area contributed by atoms with Gasteiger partial charge in [-0.1, -0.05) is 12.1 Å². The number of anilines is 1. The number of nitrogens with two attached hydrogens (primary N) is 1. The van der Waals surface area contributed by atoms with Crippen LogP contribution in [0.5, 0.6) is 11.6 Å². The van der Waals surface area contributed by atoms with Gasteiger partial charge in [0.1, 0.15) is 0 Å². The molecule has 5 heteroatoms. The van der Waals surface area contributed by atoms with Crippen molar-refractivity contribution in [3.8, 4) is 11.6 Å². The van der Waals surface area contributed by atoms with Crippen molar-refractivity contribution in [2.75, 3.05) is 5.73 Å². The molecule has 0 bridgehead atoms. The molecular formula is C11H11N3O2. The molecule has 0 aliphatic heterocycles. The van der Waals surface area contributed by atoms with Crippen molar-refractivity contribution in [3.05, 3.63) is 46.5 Å². The number of nitrogen functional groups attached to an aromatic ring is 1. The predicted octanol–water partition coefficient (Wildman–Crippen LogP) is 1.45. The standard InChI is InChI=1S/C11H11N3O2/c1-7-3-2-4-8(11(7)12)16-10-5-9(15)13-6-14-10/h2-6H,12H2,1H3,(H,13,14,15). The number of nitrogens with one attached hydrogen (secondary N) is 1. The molecule has 0 saturated heterocycles. The SMILES string of the molecule is Cc1cccc(Oc2cc(=O)[nH]cn2)c1N. The monoisotopic (exact) mass is 217 g/mol. The largest absolute Gasteiger partial charge is 0.437 e. The maximum atomic E-state index is 11.0. The molecule has 16 heavy (non-hydrogen) atoms. The first-order valence-corrected chi connectivity index (χ1v) is 4.74. The maximum Gasteiger partial charge on any atom is 0.254 e. The third kappa shape index (κ3) is 2.03. The van der Waals surface area contributed by atoms with Gasteiger partial charge in [-0.15, -0.1) is 0 Å². The molecule has 1 aromatic carbocycles. The van der Waals surface area contributed by atoms with Crippen LogP contribution < -0.4 is 16.0 Å². The molecule has 1 aromatic heterocycles. The molecular weight excluding hydrogens is 206 g/mol. The normalized spacial score (nSPS) is 10.1. The molecule has 0 atom stereocenters. The van der Waals surface area contributed by atoms with Gasteiger partial charge in [-0.05, 0) is 18.6 Å². The topological polar surface area (TPSA) is 81.0 Å². The highest BCUT2D eigenvalue weighted by Crippen LogP contribution is 2.27. The van der Waals surface area contributed by atoms with Crippen LogP contribution in [0.2, 0.25) is 0 Å². The Morgan fingerprint density at radius 2 is 2.25 bits per heavy atom. The average molecular weight is 217 g/mol. The molecule has 0 amide bonds. The minimum atomic E-state index is -0.267. The smallest absolute Gasteiger partial charge is 0.254 e. The maximum absolute atomic E-state index is 11.0. The molecule has 2 rings (SSSR count). The summed E-state index contributed by atoms with van der Waals surface area (Å²) in [5, 5.41) is 0. The van der Waals surface area contributed by atoms with Crippen LogP contribution in [0.1, 0.15) is 5.56 Å². The highest BCUT2D eigenvalue weighted by Gasteiger charge is 2.04. The number of rotatable bonds is 2. The molecule has 0 saturated carbocycles.